The van der Waals surface area contributed by atoms with Crippen molar-refractivity contribution in [3.05, 3.63) is 35.9 Å². The van der Waals surface area contributed by atoms with Gasteiger partial charge in [-0.05, 0) is 43.8 Å². The summed E-state index contributed by atoms with van der Waals surface area (Å²) < 4.78 is 43.0. The molecule has 0 bridgehead atoms. The summed E-state index contributed by atoms with van der Waals surface area (Å²) in [6, 6.07) is 7.67. The second kappa shape index (κ2) is 6.66. The van der Waals surface area contributed by atoms with Crippen LogP contribution in [0.4, 0.5) is 13.2 Å². The monoisotopic (exact) mass is 316 g/mol. The first-order chi connectivity index (χ1) is 10.3. The molecule has 0 spiro atoms. The maximum atomic E-state index is 12.9. The van der Waals surface area contributed by atoms with Gasteiger partial charge in [0.2, 0.25) is 0 Å². The molecule has 1 aromatic rings. The van der Waals surface area contributed by atoms with Gasteiger partial charge in [-0.2, -0.15) is 0 Å². The zero-order chi connectivity index (χ0) is 16.2. The van der Waals surface area contributed by atoms with Gasteiger partial charge in [-0.25, -0.2) is 0 Å². The molecule has 1 heterocycles. The molecule has 22 heavy (non-hydrogen) atoms. The van der Waals surface area contributed by atoms with E-state index < -0.39 is 17.9 Å². The van der Waals surface area contributed by atoms with Gasteiger partial charge in [-0.1, -0.05) is 30.3 Å². The number of hydrogen-bond acceptors (Lipinski definition) is 3. The number of carbonyl (C=O) groups excluding carboxylic acids is 1. The molecule has 4 nitrogen and oxygen atoms in total. The third-order valence-electron chi connectivity index (χ3n) is 3.96. The van der Waals surface area contributed by atoms with E-state index in [0.29, 0.717) is 25.9 Å². The van der Waals surface area contributed by atoms with Crippen LogP contribution in [0.15, 0.2) is 30.3 Å². The van der Waals surface area contributed by atoms with Gasteiger partial charge in [-0.3, -0.25) is 9.53 Å². The number of nitrogens with two attached hydrogens (primary N) is 1. The topological polar surface area (TPSA) is 64.4 Å². The number of ether oxygens (including phenoxy) is 1. The van der Waals surface area contributed by atoms with Gasteiger partial charge in [0.25, 0.3) is 5.91 Å². The number of hydrogen-bond donors (Lipinski definition) is 2. The molecule has 1 aromatic carbocycles. The van der Waals surface area contributed by atoms with E-state index in [1.54, 1.807) is 18.2 Å². The first-order valence-corrected chi connectivity index (χ1v) is 7.16. The van der Waals surface area contributed by atoms with Crippen molar-refractivity contribution in [1.29, 1.82) is 0 Å². The molecule has 2 rings (SSSR count). The lowest BCUT2D eigenvalue weighted by atomic mass is 9.80. The van der Waals surface area contributed by atoms with Crippen molar-refractivity contribution in [2.75, 3.05) is 13.1 Å². The fourth-order valence-electron chi connectivity index (χ4n) is 2.91. The highest BCUT2D eigenvalue weighted by molar-refractivity contribution is 5.85. The maximum absolute atomic E-state index is 12.9. The molecule has 1 aliphatic heterocycles. The molecule has 7 heteroatoms. The summed E-state index contributed by atoms with van der Waals surface area (Å²) in [6.45, 7) is 1.42. The van der Waals surface area contributed by atoms with E-state index in [1.807, 2.05) is 0 Å². The van der Waals surface area contributed by atoms with Crippen molar-refractivity contribution in [3.8, 4) is 0 Å². The molecule has 1 unspecified atom stereocenters. The van der Waals surface area contributed by atoms with Crippen LogP contribution in [0.3, 0.4) is 0 Å². The molecule has 0 aliphatic carbocycles. The van der Waals surface area contributed by atoms with E-state index in [4.69, 9.17) is 5.73 Å². The maximum Gasteiger partial charge on any atom is 0.523 e. The second-order valence-corrected chi connectivity index (χ2v) is 5.50. The normalized spacial score (nSPS) is 19.6. The average Bonchev–Trinajstić information content (AvgIpc) is 2.47. The Morgan fingerprint density at radius 2 is 1.82 bits per heavy atom. The Balaban J connectivity index is 2.38. The Labute approximate surface area is 126 Å². The van der Waals surface area contributed by atoms with Crippen LogP contribution >= 0.6 is 0 Å². The van der Waals surface area contributed by atoms with Crippen LogP contribution in [-0.2, 0) is 15.1 Å². The van der Waals surface area contributed by atoms with Crippen molar-refractivity contribution >= 4 is 5.91 Å². The van der Waals surface area contributed by atoms with E-state index in [2.05, 4.69) is 10.1 Å². The number of alkyl halides is 3. The van der Waals surface area contributed by atoms with Crippen LogP contribution in [-0.4, -0.2) is 25.4 Å². The molecule has 0 radical (unpaired) electrons. The third kappa shape index (κ3) is 3.98. The summed E-state index contributed by atoms with van der Waals surface area (Å²) in [5.41, 5.74) is 3.31. The Hall–Kier alpha value is -1.60. The van der Waals surface area contributed by atoms with Gasteiger partial charge < -0.3 is 11.1 Å². The standard InChI is InChI=1S/C15H19F3N2O2/c16-15(17,18)22-14(13(19)21,12-4-2-1-3-5-12)10-11-6-8-20-9-7-11/h1-5,11,20H,6-10H2,(H2,19,21). The summed E-state index contributed by atoms with van der Waals surface area (Å²) in [6.07, 6.45) is -3.66. The summed E-state index contributed by atoms with van der Waals surface area (Å²) in [5, 5.41) is 3.14. The predicted octanol–water partition coefficient (Wildman–Crippen LogP) is 2.29. The zero-order valence-corrected chi connectivity index (χ0v) is 12.0. The highest BCUT2D eigenvalue weighted by Gasteiger charge is 2.50. The van der Waals surface area contributed by atoms with Crippen LogP contribution < -0.4 is 11.1 Å². The highest BCUT2D eigenvalue weighted by Crippen LogP contribution is 2.40. The predicted molar refractivity (Wildman–Crippen MR) is 74.7 cm³/mol. The van der Waals surface area contributed by atoms with E-state index in [-0.39, 0.29) is 17.9 Å². The quantitative estimate of drug-likeness (QED) is 0.876. The van der Waals surface area contributed by atoms with E-state index in [1.165, 1.54) is 12.1 Å². The molecular formula is C15H19F3N2O2. The lowest BCUT2D eigenvalue weighted by Crippen LogP contribution is -2.49. The molecule has 1 saturated heterocycles. The van der Waals surface area contributed by atoms with Crippen LogP contribution in [0.1, 0.15) is 24.8 Å². The van der Waals surface area contributed by atoms with Gasteiger partial charge in [-0.15, -0.1) is 13.2 Å². The number of amides is 1. The molecule has 122 valence electrons. The number of rotatable bonds is 5. The number of halogens is 3. The minimum Gasteiger partial charge on any atom is -0.367 e. The average molecular weight is 316 g/mol. The van der Waals surface area contributed by atoms with Crippen molar-refractivity contribution in [3.63, 3.8) is 0 Å². The smallest absolute Gasteiger partial charge is 0.367 e. The lowest BCUT2D eigenvalue weighted by Gasteiger charge is -2.36. The van der Waals surface area contributed by atoms with Gasteiger partial charge in [0, 0.05) is 0 Å². The number of piperidine rings is 1. The first-order valence-electron chi connectivity index (χ1n) is 7.16. The summed E-state index contributed by atoms with van der Waals surface area (Å²) >= 11 is 0. The SMILES string of the molecule is NC(=O)C(CC1CCNCC1)(OC(F)(F)F)c1ccccc1. The molecule has 1 fully saturated rings. The minimum atomic E-state index is -4.95. The van der Waals surface area contributed by atoms with Gasteiger partial charge in [0.15, 0.2) is 5.60 Å². The molecular weight excluding hydrogens is 297 g/mol. The van der Waals surface area contributed by atoms with Gasteiger partial charge in [0.1, 0.15) is 0 Å². The number of nitrogens with one attached hydrogen (secondary N) is 1. The Kier molecular flexibility index (Phi) is 5.08. The van der Waals surface area contributed by atoms with Crippen molar-refractivity contribution in [2.45, 2.75) is 31.2 Å². The first kappa shape index (κ1) is 16.8. The van der Waals surface area contributed by atoms with Crippen molar-refractivity contribution in [1.82, 2.24) is 5.32 Å². The van der Waals surface area contributed by atoms with Gasteiger partial charge in [0.05, 0.1) is 0 Å². The summed E-state index contributed by atoms with van der Waals surface area (Å²) in [4.78, 5) is 12.0. The van der Waals surface area contributed by atoms with Crippen LogP contribution in [0.2, 0.25) is 0 Å². The van der Waals surface area contributed by atoms with E-state index in [9.17, 15) is 18.0 Å². The Morgan fingerprint density at radius 1 is 1.23 bits per heavy atom. The van der Waals surface area contributed by atoms with Crippen molar-refractivity contribution < 1.29 is 22.7 Å². The zero-order valence-electron chi connectivity index (χ0n) is 12.0. The fourth-order valence-corrected chi connectivity index (χ4v) is 2.91. The fraction of sp³-hybridized carbons (Fsp3) is 0.533. The molecule has 1 aliphatic rings. The van der Waals surface area contributed by atoms with Crippen LogP contribution in [0.5, 0.6) is 0 Å². The third-order valence-corrected chi connectivity index (χ3v) is 3.96. The number of benzene rings is 1. The molecule has 1 atom stereocenters. The lowest BCUT2D eigenvalue weighted by molar-refractivity contribution is -0.365. The minimum absolute atomic E-state index is 0.0590. The largest absolute Gasteiger partial charge is 0.523 e. The number of primary amides is 1. The summed E-state index contributed by atoms with van der Waals surface area (Å²) in [7, 11) is 0. The van der Waals surface area contributed by atoms with Crippen LogP contribution in [0.25, 0.3) is 0 Å². The van der Waals surface area contributed by atoms with Crippen molar-refractivity contribution in [2.24, 2.45) is 11.7 Å². The van der Waals surface area contributed by atoms with Gasteiger partial charge >= 0.3 is 6.36 Å². The number of carbonyl (C=O) groups is 1. The van der Waals surface area contributed by atoms with E-state index in [0.717, 1.165) is 0 Å². The van der Waals surface area contributed by atoms with E-state index >= 15 is 0 Å². The Bertz CT molecular complexity index is 501. The molecule has 0 aromatic heterocycles. The Morgan fingerprint density at radius 3 is 2.32 bits per heavy atom. The molecule has 3 N–H and O–H groups in total. The molecule has 1 amide bonds. The second-order valence-electron chi connectivity index (χ2n) is 5.50. The summed E-state index contributed by atoms with van der Waals surface area (Å²) in [5.74, 6) is -1.18. The highest BCUT2D eigenvalue weighted by atomic mass is 19.4. The molecule has 0 saturated carbocycles. The van der Waals surface area contributed by atoms with Crippen LogP contribution in [0, 0.1) is 5.92 Å².